The molecule has 0 aromatic carbocycles. The van der Waals surface area contributed by atoms with E-state index in [1.807, 2.05) is 0 Å². The Kier molecular flexibility index (Phi) is 6.35. The average molecular weight is 280 g/mol. The lowest BCUT2D eigenvalue weighted by Gasteiger charge is -2.38. The zero-order valence-electron chi connectivity index (χ0n) is 14.1. The molecule has 1 saturated heterocycles. The van der Waals surface area contributed by atoms with Gasteiger partial charge in [0.05, 0.1) is 0 Å². The maximum absolute atomic E-state index is 3.92. The van der Waals surface area contributed by atoms with E-state index >= 15 is 0 Å². The first-order valence-corrected chi connectivity index (χ1v) is 9.15. The number of piperidine rings is 1. The van der Waals surface area contributed by atoms with E-state index in [0.29, 0.717) is 11.5 Å². The van der Waals surface area contributed by atoms with Crippen LogP contribution in [-0.2, 0) is 0 Å². The van der Waals surface area contributed by atoms with E-state index in [4.69, 9.17) is 0 Å². The summed E-state index contributed by atoms with van der Waals surface area (Å²) in [6.45, 7) is 12.3. The normalized spacial score (nSPS) is 28.6. The summed E-state index contributed by atoms with van der Waals surface area (Å²) in [4.78, 5) is 2.68. The van der Waals surface area contributed by atoms with Gasteiger partial charge in [0, 0.05) is 19.1 Å². The van der Waals surface area contributed by atoms with Crippen molar-refractivity contribution in [2.24, 2.45) is 11.3 Å². The van der Waals surface area contributed by atoms with Crippen LogP contribution in [0.2, 0.25) is 0 Å². The molecular weight excluding hydrogens is 244 g/mol. The Labute approximate surface area is 126 Å². The molecule has 1 N–H and O–H groups in total. The van der Waals surface area contributed by atoms with Gasteiger partial charge in [-0.25, -0.2) is 0 Å². The fourth-order valence-corrected chi connectivity index (χ4v) is 4.34. The monoisotopic (exact) mass is 280 g/mol. The number of nitrogens with zero attached hydrogens (tertiary/aromatic N) is 1. The van der Waals surface area contributed by atoms with E-state index in [9.17, 15) is 0 Å². The van der Waals surface area contributed by atoms with Gasteiger partial charge in [0.25, 0.3) is 0 Å². The van der Waals surface area contributed by atoms with Crippen LogP contribution in [0.4, 0.5) is 0 Å². The van der Waals surface area contributed by atoms with Crippen LogP contribution in [0.15, 0.2) is 0 Å². The Bertz CT molecular complexity index is 269. The minimum absolute atomic E-state index is 0.631. The molecule has 2 atom stereocenters. The van der Waals surface area contributed by atoms with Gasteiger partial charge >= 0.3 is 0 Å². The molecule has 2 heteroatoms. The molecule has 2 rings (SSSR count). The van der Waals surface area contributed by atoms with E-state index in [0.717, 1.165) is 5.92 Å². The summed E-state index contributed by atoms with van der Waals surface area (Å²) in [5, 5.41) is 3.92. The van der Waals surface area contributed by atoms with Crippen molar-refractivity contribution in [1.82, 2.24) is 10.2 Å². The molecule has 2 aliphatic rings. The summed E-state index contributed by atoms with van der Waals surface area (Å²) in [6, 6.07) is 0.693. The van der Waals surface area contributed by atoms with Gasteiger partial charge < -0.3 is 10.2 Å². The van der Waals surface area contributed by atoms with Crippen LogP contribution in [0, 0.1) is 11.3 Å². The third kappa shape index (κ3) is 4.21. The number of nitrogens with one attached hydrogen (secondary N) is 1. The van der Waals surface area contributed by atoms with Crippen molar-refractivity contribution in [2.75, 3.05) is 26.2 Å². The number of hydrogen-bond acceptors (Lipinski definition) is 2. The molecule has 0 amide bonds. The SMILES string of the molecule is CCCN1CCCC(C(C)NCC2(CC)CCCC2)C1. The van der Waals surface area contributed by atoms with Gasteiger partial charge in [-0.3, -0.25) is 0 Å². The largest absolute Gasteiger partial charge is 0.313 e. The average Bonchev–Trinajstić information content (AvgIpc) is 2.95. The highest BCUT2D eigenvalue weighted by atomic mass is 15.1. The highest BCUT2D eigenvalue weighted by Crippen LogP contribution is 2.40. The van der Waals surface area contributed by atoms with Crippen molar-refractivity contribution < 1.29 is 0 Å². The molecule has 2 nitrogen and oxygen atoms in total. The Morgan fingerprint density at radius 1 is 1.20 bits per heavy atom. The maximum Gasteiger partial charge on any atom is 0.00794 e. The van der Waals surface area contributed by atoms with Crippen molar-refractivity contribution in [3.05, 3.63) is 0 Å². The standard InChI is InChI=1S/C18H36N2/c1-4-12-20-13-8-9-17(14-20)16(3)19-15-18(5-2)10-6-7-11-18/h16-17,19H,4-15H2,1-3H3. The third-order valence-electron chi connectivity index (χ3n) is 6.00. The first-order chi connectivity index (χ1) is 9.69. The quantitative estimate of drug-likeness (QED) is 0.756. The van der Waals surface area contributed by atoms with Crippen LogP contribution < -0.4 is 5.32 Å². The second kappa shape index (κ2) is 7.79. The summed E-state index contributed by atoms with van der Waals surface area (Å²) in [5.41, 5.74) is 0.631. The van der Waals surface area contributed by atoms with Crippen LogP contribution in [0.3, 0.4) is 0 Å². The molecule has 1 aliphatic carbocycles. The van der Waals surface area contributed by atoms with Crippen molar-refractivity contribution in [2.45, 2.75) is 78.2 Å². The Morgan fingerprint density at radius 3 is 2.60 bits per heavy atom. The fraction of sp³-hybridized carbons (Fsp3) is 1.00. The number of likely N-dealkylation sites (tertiary alicyclic amines) is 1. The lowest BCUT2D eigenvalue weighted by atomic mass is 9.82. The maximum atomic E-state index is 3.92. The molecule has 0 aromatic rings. The Morgan fingerprint density at radius 2 is 1.95 bits per heavy atom. The first kappa shape index (κ1) is 16.3. The summed E-state index contributed by atoms with van der Waals surface area (Å²) in [6.07, 6.45) is 11.3. The van der Waals surface area contributed by atoms with E-state index in [1.165, 1.54) is 77.5 Å². The molecule has 0 bridgehead atoms. The molecule has 0 aromatic heterocycles. The summed E-state index contributed by atoms with van der Waals surface area (Å²) >= 11 is 0. The predicted octanol–water partition coefficient (Wildman–Crippen LogP) is 4.06. The molecule has 1 heterocycles. The smallest absolute Gasteiger partial charge is 0.00794 e. The van der Waals surface area contributed by atoms with Gasteiger partial charge in [0.2, 0.25) is 0 Å². The molecule has 20 heavy (non-hydrogen) atoms. The van der Waals surface area contributed by atoms with E-state index in [1.54, 1.807) is 0 Å². The highest BCUT2D eigenvalue weighted by molar-refractivity contribution is 4.88. The third-order valence-corrected chi connectivity index (χ3v) is 6.00. The minimum atomic E-state index is 0.631. The molecular formula is C18H36N2. The predicted molar refractivity (Wildman–Crippen MR) is 88.1 cm³/mol. The van der Waals surface area contributed by atoms with Crippen LogP contribution in [-0.4, -0.2) is 37.1 Å². The second-order valence-electron chi connectivity index (χ2n) is 7.43. The first-order valence-electron chi connectivity index (χ1n) is 9.15. The minimum Gasteiger partial charge on any atom is -0.313 e. The lowest BCUT2D eigenvalue weighted by molar-refractivity contribution is 0.142. The molecule has 2 unspecified atom stereocenters. The van der Waals surface area contributed by atoms with Crippen LogP contribution >= 0.6 is 0 Å². The van der Waals surface area contributed by atoms with Crippen molar-refractivity contribution in [3.8, 4) is 0 Å². The van der Waals surface area contributed by atoms with Crippen LogP contribution in [0.5, 0.6) is 0 Å². The lowest BCUT2D eigenvalue weighted by Crippen LogP contribution is -2.47. The van der Waals surface area contributed by atoms with Gasteiger partial charge in [-0.1, -0.05) is 26.7 Å². The summed E-state index contributed by atoms with van der Waals surface area (Å²) < 4.78 is 0. The van der Waals surface area contributed by atoms with E-state index in [-0.39, 0.29) is 0 Å². The fourth-order valence-electron chi connectivity index (χ4n) is 4.34. The number of hydrogen-bond donors (Lipinski definition) is 1. The topological polar surface area (TPSA) is 15.3 Å². The zero-order chi connectivity index (χ0) is 14.4. The van der Waals surface area contributed by atoms with E-state index < -0.39 is 0 Å². The summed E-state index contributed by atoms with van der Waals surface area (Å²) in [5.74, 6) is 0.866. The molecule has 1 saturated carbocycles. The molecule has 1 aliphatic heterocycles. The van der Waals surface area contributed by atoms with Crippen LogP contribution in [0.1, 0.15) is 72.1 Å². The molecule has 2 fully saturated rings. The van der Waals surface area contributed by atoms with Gasteiger partial charge in [0.1, 0.15) is 0 Å². The summed E-state index contributed by atoms with van der Waals surface area (Å²) in [7, 11) is 0. The van der Waals surface area contributed by atoms with Gasteiger partial charge in [-0.15, -0.1) is 0 Å². The van der Waals surface area contributed by atoms with Gasteiger partial charge in [-0.2, -0.15) is 0 Å². The zero-order valence-corrected chi connectivity index (χ0v) is 14.1. The van der Waals surface area contributed by atoms with Gasteiger partial charge in [-0.05, 0) is 69.9 Å². The van der Waals surface area contributed by atoms with Gasteiger partial charge in [0.15, 0.2) is 0 Å². The Balaban J connectivity index is 1.77. The van der Waals surface area contributed by atoms with E-state index in [2.05, 4.69) is 31.0 Å². The second-order valence-corrected chi connectivity index (χ2v) is 7.43. The molecule has 0 spiro atoms. The van der Waals surface area contributed by atoms with Crippen LogP contribution in [0.25, 0.3) is 0 Å². The van der Waals surface area contributed by atoms with Crippen molar-refractivity contribution in [1.29, 1.82) is 0 Å². The van der Waals surface area contributed by atoms with Crippen molar-refractivity contribution in [3.63, 3.8) is 0 Å². The molecule has 0 radical (unpaired) electrons. The Hall–Kier alpha value is -0.0800. The van der Waals surface area contributed by atoms with Crippen molar-refractivity contribution >= 4 is 0 Å². The molecule has 118 valence electrons. The number of rotatable bonds is 7. The highest BCUT2D eigenvalue weighted by Gasteiger charge is 2.33.